The Morgan fingerprint density at radius 3 is 2.54 bits per heavy atom. The van der Waals surface area contributed by atoms with Crippen LogP contribution in [-0.2, 0) is 0 Å². The largest absolute Gasteiger partial charge is 0.342 e. The van der Waals surface area contributed by atoms with Crippen LogP contribution < -0.4 is 0 Å². The fourth-order valence-corrected chi connectivity index (χ4v) is 3.51. The second-order valence-electron chi connectivity index (χ2n) is 6.48. The van der Waals surface area contributed by atoms with Gasteiger partial charge in [-0.15, -0.1) is 0 Å². The number of hydrogen-bond acceptors (Lipinski definition) is 4. The summed E-state index contributed by atoms with van der Waals surface area (Å²) in [5.41, 5.74) is 1.97. The molecule has 1 aliphatic heterocycles. The second kappa shape index (κ2) is 6.59. The molecule has 1 aromatic heterocycles. The quantitative estimate of drug-likeness (QED) is 0.578. The number of likely N-dealkylation sites (tertiary alicyclic amines) is 1. The molecule has 0 aliphatic carbocycles. The van der Waals surface area contributed by atoms with Crippen LogP contribution in [0, 0.1) is 10.1 Å². The lowest BCUT2D eigenvalue weighted by molar-refractivity contribution is -0.385. The van der Waals surface area contributed by atoms with Gasteiger partial charge in [0.2, 0.25) is 0 Å². The highest BCUT2D eigenvalue weighted by molar-refractivity contribution is 5.98. The highest BCUT2D eigenvalue weighted by atomic mass is 16.6. The molecule has 2 aromatic carbocycles. The molecule has 132 valence electrons. The summed E-state index contributed by atoms with van der Waals surface area (Å²) in [6.45, 7) is 1.12. The van der Waals surface area contributed by atoms with Crippen LogP contribution in [0.3, 0.4) is 0 Å². The van der Waals surface area contributed by atoms with Crippen LogP contribution in [0.2, 0.25) is 0 Å². The van der Waals surface area contributed by atoms with Crippen LogP contribution in [-0.4, -0.2) is 38.8 Å². The first-order valence-corrected chi connectivity index (χ1v) is 8.61. The van der Waals surface area contributed by atoms with Crippen molar-refractivity contribution in [3.63, 3.8) is 0 Å². The van der Waals surface area contributed by atoms with Crippen molar-refractivity contribution < 1.29 is 9.72 Å². The smallest absolute Gasteiger partial charge is 0.282 e. The minimum Gasteiger partial charge on any atom is -0.342 e. The lowest BCUT2D eigenvalue weighted by Crippen LogP contribution is -2.38. The number of imidazole rings is 1. The lowest BCUT2D eigenvalue weighted by atomic mass is 9.95. The first-order chi connectivity index (χ1) is 12.6. The molecule has 3 aromatic rings. The van der Waals surface area contributed by atoms with Crippen LogP contribution in [0.1, 0.15) is 34.9 Å². The zero-order valence-electron chi connectivity index (χ0n) is 14.1. The normalized spacial score (nSPS) is 15.3. The van der Waals surface area contributed by atoms with E-state index in [0.717, 1.165) is 29.7 Å². The van der Waals surface area contributed by atoms with Gasteiger partial charge in [-0.2, -0.15) is 0 Å². The summed E-state index contributed by atoms with van der Waals surface area (Å²) in [5, 5.41) is 11.2. The van der Waals surface area contributed by atoms with E-state index in [9.17, 15) is 14.9 Å². The molecule has 1 N–H and O–H groups in total. The summed E-state index contributed by atoms with van der Waals surface area (Å²) < 4.78 is 0. The SMILES string of the molecule is O=C(c1ccccc1[N+](=O)[O-])N1CCC(c2nc3ccccc3[nH]2)CC1. The molecular formula is C19H18N4O3. The number of benzene rings is 2. The number of fused-ring (bicyclic) bond motifs is 1. The lowest BCUT2D eigenvalue weighted by Gasteiger charge is -2.31. The van der Waals surface area contributed by atoms with E-state index in [1.54, 1.807) is 17.0 Å². The van der Waals surface area contributed by atoms with Crippen molar-refractivity contribution in [2.45, 2.75) is 18.8 Å². The third-order valence-corrected chi connectivity index (χ3v) is 4.91. The molecule has 0 saturated carbocycles. The summed E-state index contributed by atoms with van der Waals surface area (Å²) in [5.74, 6) is 0.932. The fraction of sp³-hybridized carbons (Fsp3) is 0.263. The van der Waals surface area contributed by atoms with Gasteiger partial charge in [0, 0.05) is 25.1 Å². The molecule has 0 atom stereocenters. The van der Waals surface area contributed by atoms with Gasteiger partial charge in [-0.25, -0.2) is 4.98 Å². The van der Waals surface area contributed by atoms with Gasteiger partial charge < -0.3 is 9.88 Å². The summed E-state index contributed by atoms with van der Waals surface area (Å²) in [6.07, 6.45) is 1.57. The highest BCUT2D eigenvalue weighted by Gasteiger charge is 2.29. The van der Waals surface area contributed by atoms with Gasteiger partial charge in [0.25, 0.3) is 11.6 Å². The number of aromatic amines is 1. The first-order valence-electron chi connectivity index (χ1n) is 8.61. The maximum Gasteiger partial charge on any atom is 0.282 e. The maximum absolute atomic E-state index is 12.7. The Bertz CT molecular complexity index is 941. The maximum atomic E-state index is 12.7. The van der Waals surface area contributed by atoms with Crippen LogP contribution >= 0.6 is 0 Å². The van der Waals surface area contributed by atoms with Gasteiger partial charge in [-0.05, 0) is 31.0 Å². The Hall–Kier alpha value is -3.22. The number of piperidine rings is 1. The highest BCUT2D eigenvalue weighted by Crippen LogP contribution is 2.29. The summed E-state index contributed by atoms with van der Waals surface area (Å²) in [4.78, 5) is 33.1. The van der Waals surface area contributed by atoms with E-state index < -0.39 is 4.92 Å². The number of nitrogens with one attached hydrogen (secondary N) is 1. The van der Waals surface area contributed by atoms with Crippen LogP contribution in [0.5, 0.6) is 0 Å². The fourth-order valence-electron chi connectivity index (χ4n) is 3.51. The number of hydrogen-bond donors (Lipinski definition) is 1. The molecule has 1 fully saturated rings. The average molecular weight is 350 g/mol. The van der Waals surface area contributed by atoms with Gasteiger partial charge in [0.05, 0.1) is 16.0 Å². The molecule has 0 radical (unpaired) electrons. The van der Waals surface area contributed by atoms with E-state index in [1.807, 2.05) is 24.3 Å². The van der Waals surface area contributed by atoms with Crippen LogP contribution in [0.25, 0.3) is 11.0 Å². The van der Waals surface area contributed by atoms with Crippen molar-refractivity contribution in [2.24, 2.45) is 0 Å². The van der Waals surface area contributed by atoms with E-state index in [4.69, 9.17) is 0 Å². The molecule has 1 amide bonds. The van der Waals surface area contributed by atoms with Gasteiger partial charge in [-0.3, -0.25) is 14.9 Å². The second-order valence-corrected chi connectivity index (χ2v) is 6.48. The van der Waals surface area contributed by atoms with Crippen molar-refractivity contribution in [1.82, 2.24) is 14.9 Å². The minimum absolute atomic E-state index is 0.142. The summed E-state index contributed by atoms with van der Waals surface area (Å²) in [7, 11) is 0. The third kappa shape index (κ3) is 2.92. The number of H-pyrrole nitrogens is 1. The van der Waals surface area contributed by atoms with Crippen molar-refractivity contribution in [3.05, 3.63) is 70.0 Å². The van der Waals surface area contributed by atoms with Gasteiger partial charge in [0.1, 0.15) is 11.4 Å². The Balaban J connectivity index is 1.48. The summed E-state index contributed by atoms with van der Waals surface area (Å²) in [6, 6.07) is 14.0. The van der Waals surface area contributed by atoms with Gasteiger partial charge in [0.15, 0.2) is 0 Å². The minimum atomic E-state index is -0.506. The monoisotopic (exact) mass is 350 g/mol. The molecule has 2 heterocycles. The molecule has 0 bridgehead atoms. The Morgan fingerprint density at radius 1 is 1.12 bits per heavy atom. The van der Waals surface area contributed by atoms with Crippen molar-refractivity contribution >= 4 is 22.6 Å². The predicted octanol–water partition coefficient (Wildman–Crippen LogP) is 3.49. The number of para-hydroxylation sites is 3. The molecule has 1 saturated heterocycles. The number of carbonyl (C=O) groups is 1. The molecule has 7 heteroatoms. The molecule has 0 spiro atoms. The number of aromatic nitrogens is 2. The number of nitro groups is 1. The van der Waals surface area contributed by atoms with Gasteiger partial charge in [-0.1, -0.05) is 24.3 Å². The third-order valence-electron chi connectivity index (χ3n) is 4.91. The number of rotatable bonds is 3. The van der Waals surface area contributed by atoms with E-state index in [2.05, 4.69) is 9.97 Å². The Morgan fingerprint density at radius 2 is 1.81 bits per heavy atom. The summed E-state index contributed by atoms with van der Waals surface area (Å²) >= 11 is 0. The van der Waals surface area contributed by atoms with E-state index >= 15 is 0 Å². The topological polar surface area (TPSA) is 92.1 Å². The van der Waals surface area contributed by atoms with Crippen LogP contribution in [0.4, 0.5) is 5.69 Å². The average Bonchev–Trinajstić information content (AvgIpc) is 3.12. The number of amides is 1. The van der Waals surface area contributed by atoms with E-state index in [1.165, 1.54) is 12.1 Å². The molecule has 4 rings (SSSR count). The number of carbonyl (C=O) groups excluding carboxylic acids is 1. The number of nitro benzene ring substituents is 1. The zero-order chi connectivity index (χ0) is 18.1. The van der Waals surface area contributed by atoms with Crippen LogP contribution in [0.15, 0.2) is 48.5 Å². The predicted molar refractivity (Wildman–Crippen MR) is 97.1 cm³/mol. The Labute approximate surface area is 149 Å². The number of nitrogens with zero attached hydrogens (tertiary/aromatic N) is 3. The zero-order valence-corrected chi connectivity index (χ0v) is 14.1. The van der Waals surface area contributed by atoms with Gasteiger partial charge >= 0.3 is 0 Å². The Kier molecular flexibility index (Phi) is 4.12. The first kappa shape index (κ1) is 16.3. The van der Waals surface area contributed by atoms with Crippen molar-refractivity contribution in [1.29, 1.82) is 0 Å². The molecular weight excluding hydrogens is 332 g/mol. The van der Waals surface area contributed by atoms with Crippen molar-refractivity contribution in [2.75, 3.05) is 13.1 Å². The molecule has 0 unspecified atom stereocenters. The molecule has 1 aliphatic rings. The standard InChI is InChI=1S/C19H18N4O3/c24-19(14-5-1-4-8-17(14)23(25)26)22-11-9-13(10-12-22)18-20-15-6-2-3-7-16(15)21-18/h1-8,13H,9-12H2,(H,20,21). The molecule has 7 nitrogen and oxygen atoms in total. The molecule has 26 heavy (non-hydrogen) atoms. The van der Waals surface area contributed by atoms with E-state index in [-0.39, 0.29) is 23.1 Å². The van der Waals surface area contributed by atoms with Crippen molar-refractivity contribution in [3.8, 4) is 0 Å². The van der Waals surface area contributed by atoms with E-state index in [0.29, 0.717) is 13.1 Å².